The monoisotopic (exact) mass is 501 g/mol. The highest BCUT2D eigenvalue weighted by Gasteiger charge is 2.43. The molecule has 182 valence electrons. The zero-order valence-electron chi connectivity index (χ0n) is 19.8. The lowest BCUT2D eigenvalue weighted by molar-refractivity contribution is 0.0572. The van der Waals surface area contributed by atoms with Crippen molar-refractivity contribution in [3.8, 4) is 0 Å². The highest BCUT2D eigenvalue weighted by Crippen LogP contribution is 2.43. The van der Waals surface area contributed by atoms with E-state index >= 15 is 0 Å². The number of carbonyl (C=O) groups is 1. The first kappa shape index (κ1) is 25.0. The van der Waals surface area contributed by atoms with Crippen LogP contribution in [0.5, 0.6) is 0 Å². The molecule has 2 N–H and O–H groups in total. The second-order valence-corrected chi connectivity index (χ2v) is 10.4. The molecule has 0 bridgehead atoms. The van der Waals surface area contributed by atoms with Gasteiger partial charge in [0.25, 0.3) is 5.91 Å². The van der Waals surface area contributed by atoms with Gasteiger partial charge in [0.15, 0.2) is 0 Å². The van der Waals surface area contributed by atoms with E-state index in [0.717, 1.165) is 54.6 Å². The number of amides is 1. The predicted octanol–water partition coefficient (Wildman–Crippen LogP) is 5.53. The molecule has 5 rings (SSSR count). The van der Waals surface area contributed by atoms with Crippen molar-refractivity contribution in [2.75, 3.05) is 6.54 Å². The number of rotatable bonds is 6. The highest BCUT2D eigenvalue weighted by atomic mass is 35.5. The Morgan fingerprint density at radius 1 is 1.15 bits per heavy atom. The standard InChI is InChI=1S/C26H32ClN5O.ClH/c1-17(2)32-24-9-6-18(14-23(24)29-30-32)25(33)31(21-7-8-21)22-10-12-26(16-28,13-11-22)19-4-3-5-20(27)15-19;/h3-6,9,14-15,17,21-22H,7-8,10-13,16,28H2,1-2H3;1H. The second kappa shape index (κ2) is 9.84. The second-order valence-electron chi connectivity index (χ2n) is 10.0. The van der Waals surface area contributed by atoms with Crippen LogP contribution in [0.4, 0.5) is 0 Å². The molecule has 0 saturated heterocycles. The van der Waals surface area contributed by atoms with Gasteiger partial charge < -0.3 is 10.6 Å². The van der Waals surface area contributed by atoms with Crippen LogP contribution < -0.4 is 5.73 Å². The molecular weight excluding hydrogens is 469 g/mol. The lowest BCUT2D eigenvalue weighted by Crippen LogP contribution is -2.48. The van der Waals surface area contributed by atoms with Crippen LogP contribution in [0.25, 0.3) is 11.0 Å². The van der Waals surface area contributed by atoms with Crippen LogP contribution in [0.2, 0.25) is 5.02 Å². The molecule has 1 heterocycles. The fourth-order valence-corrected chi connectivity index (χ4v) is 5.64. The molecule has 0 aliphatic heterocycles. The molecule has 0 spiro atoms. The van der Waals surface area contributed by atoms with E-state index < -0.39 is 0 Å². The Bertz CT molecular complexity index is 1160. The number of carbonyl (C=O) groups excluding carboxylic acids is 1. The fraction of sp³-hybridized carbons (Fsp3) is 0.500. The minimum atomic E-state index is -0.0616. The summed E-state index contributed by atoms with van der Waals surface area (Å²) in [6, 6.07) is 14.7. The van der Waals surface area contributed by atoms with Gasteiger partial charge in [0, 0.05) is 40.7 Å². The fourth-order valence-electron chi connectivity index (χ4n) is 5.45. The number of hydrogen-bond acceptors (Lipinski definition) is 4. The summed E-state index contributed by atoms with van der Waals surface area (Å²) < 4.78 is 1.89. The summed E-state index contributed by atoms with van der Waals surface area (Å²) in [6.07, 6.45) is 6.02. The summed E-state index contributed by atoms with van der Waals surface area (Å²) in [4.78, 5) is 15.8. The largest absolute Gasteiger partial charge is 0.333 e. The van der Waals surface area contributed by atoms with Crippen molar-refractivity contribution >= 4 is 40.9 Å². The van der Waals surface area contributed by atoms with Crippen molar-refractivity contribution in [2.24, 2.45) is 5.73 Å². The number of halogens is 2. The van der Waals surface area contributed by atoms with Crippen LogP contribution in [-0.4, -0.2) is 44.4 Å². The highest BCUT2D eigenvalue weighted by molar-refractivity contribution is 6.30. The molecule has 3 aromatic rings. The Hall–Kier alpha value is -2.15. The van der Waals surface area contributed by atoms with E-state index in [0.29, 0.717) is 18.2 Å². The molecular formula is C26H33Cl2N5O. The molecule has 0 unspecified atom stereocenters. The van der Waals surface area contributed by atoms with Gasteiger partial charge in [-0.1, -0.05) is 28.9 Å². The van der Waals surface area contributed by atoms with Crippen LogP contribution in [0, 0.1) is 0 Å². The molecule has 0 radical (unpaired) electrons. The van der Waals surface area contributed by atoms with E-state index in [4.69, 9.17) is 17.3 Å². The van der Waals surface area contributed by atoms with E-state index in [9.17, 15) is 4.79 Å². The molecule has 34 heavy (non-hydrogen) atoms. The minimum absolute atomic E-state index is 0. The smallest absolute Gasteiger partial charge is 0.254 e. The Kier molecular flexibility index (Phi) is 7.22. The summed E-state index contributed by atoms with van der Waals surface area (Å²) in [5.74, 6) is 0.117. The molecule has 1 aromatic heterocycles. The molecule has 2 aromatic carbocycles. The predicted molar refractivity (Wildman–Crippen MR) is 139 cm³/mol. The van der Waals surface area contributed by atoms with Gasteiger partial charge in [-0.3, -0.25) is 4.79 Å². The van der Waals surface area contributed by atoms with Crippen molar-refractivity contribution in [3.63, 3.8) is 0 Å². The number of nitrogens with two attached hydrogens (primary N) is 1. The van der Waals surface area contributed by atoms with Crippen molar-refractivity contribution in [1.29, 1.82) is 0 Å². The van der Waals surface area contributed by atoms with E-state index in [1.807, 2.05) is 35.0 Å². The van der Waals surface area contributed by atoms with E-state index in [2.05, 4.69) is 41.2 Å². The number of aromatic nitrogens is 3. The Morgan fingerprint density at radius 3 is 2.47 bits per heavy atom. The molecule has 1 amide bonds. The summed E-state index contributed by atoms with van der Waals surface area (Å²) in [5, 5.41) is 9.31. The van der Waals surface area contributed by atoms with Crippen LogP contribution in [-0.2, 0) is 5.41 Å². The maximum atomic E-state index is 13.7. The molecule has 2 aliphatic rings. The van der Waals surface area contributed by atoms with Gasteiger partial charge in [-0.25, -0.2) is 4.68 Å². The maximum absolute atomic E-state index is 13.7. The number of nitrogens with zero attached hydrogens (tertiary/aromatic N) is 4. The zero-order valence-corrected chi connectivity index (χ0v) is 21.4. The maximum Gasteiger partial charge on any atom is 0.254 e. The van der Waals surface area contributed by atoms with Crippen LogP contribution >= 0.6 is 24.0 Å². The average molecular weight is 502 g/mol. The third-order valence-electron chi connectivity index (χ3n) is 7.52. The van der Waals surface area contributed by atoms with Gasteiger partial charge in [-0.2, -0.15) is 0 Å². The van der Waals surface area contributed by atoms with Gasteiger partial charge in [0.1, 0.15) is 5.52 Å². The van der Waals surface area contributed by atoms with Crippen molar-refractivity contribution in [2.45, 2.75) is 75.9 Å². The molecule has 2 aliphatic carbocycles. The van der Waals surface area contributed by atoms with Crippen LogP contribution in [0.1, 0.15) is 74.3 Å². The first-order chi connectivity index (χ1) is 15.9. The topological polar surface area (TPSA) is 77.0 Å². The first-order valence-electron chi connectivity index (χ1n) is 12.1. The van der Waals surface area contributed by atoms with E-state index in [1.54, 1.807) is 0 Å². The van der Waals surface area contributed by atoms with Crippen LogP contribution in [0.15, 0.2) is 42.5 Å². The van der Waals surface area contributed by atoms with Crippen molar-refractivity contribution < 1.29 is 4.79 Å². The van der Waals surface area contributed by atoms with Gasteiger partial charge in [-0.15, -0.1) is 17.5 Å². The molecule has 6 nitrogen and oxygen atoms in total. The zero-order chi connectivity index (χ0) is 23.2. The van der Waals surface area contributed by atoms with E-state index in [-0.39, 0.29) is 35.8 Å². The summed E-state index contributed by atoms with van der Waals surface area (Å²) >= 11 is 6.28. The molecule has 2 saturated carbocycles. The van der Waals surface area contributed by atoms with Crippen molar-refractivity contribution in [3.05, 3.63) is 58.6 Å². The number of hydrogen-bond donors (Lipinski definition) is 1. The van der Waals surface area contributed by atoms with Gasteiger partial charge >= 0.3 is 0 Å². The van der Waals surface area contributed by atoms with Crippen LogP contribution in [0.3, 0.4) is 0 Å². The van der Waals surface area contributed by atoms with Crippen molar-refractivity contribution in [1.82, 2.24) is 19.9 Å². The quantitative estimate of drug-likeness (QED) is 0.481. The summed E-state index contributed by atoms with van der Waals surface area (Å²) in [6.45, 7) is 4.76. The normalized spacial score (nSPS) is 22.6. The third kappa shape index (κ3) is 4.56. The summed E-state index contributed by atoms with van der Waals surface area (Å²) in [5.41, 5.74) is 9.91. The van der Waals surface area contributed by atoms with Gasteiger partial charge in [0.2, 0.25) is 0 Å². The number of benzene rings is 2. The number of fused-ring (bicyclic) bond motifs is 1. The minimum Gasteiger partial charge on any atom is -0.333 e. The molecule has 2 fully saturated rings. The average Bonchev–Trinajstić information content (AvgIpc) is 3.56. The lowest BCUT2D eigenvalue weighted by Gasteiger charge is -2.44. The lowest BCUT2D eigenvalue weighted by atomic mass is 9.68. The van der Waals surface area contributed by atoms with Gasteiger partial charge in [0.05, 0.1) is 5.52 Å². The van der Waals surface area contributed by atoms with Gasteiger partial charge in [-0.05, 0) is 88.3 Å². The molecule has 0 atom stereocenters. The Balaban J connectivity index is 0.00000274. The Labute approximate surface area is 212 Å². The molecule has 8 heteroatoms. The SMILES string of the molecule is CC(C)n1nnc2cc(C(=O)N(C3CC3)C3CCC(CN)(c4cccc(Cl)c4)CC3)ccc21.Cl. The summed E-state index contributed by atoms with van der Waals surface area (Å²) in [7, 11) is 0. The third-order valence-corrected chi connectivity index (χ3v) is 7.75. The first-order valence-corrected chi connectivity index (χ1v) is 12.4. The Morgan fingerprint density at radius 2 is 1.85 bits per heavy atom. The van der Waals surface area contributed by atoms with E-state index in [1.165, 1.54) is 5.56 Å².